The van der Waals surface area contributed by atoms with Gasteiger partial charge >= 0.3 is 5.97 Å². The molecule has 0 atom stereocenters. The summed E-state index contributed by atoms with van der Waals surface area (Å²) in [6.07, 6.45) is 3.22. The second-order valence-electron chi connectivity index (χ2n) is 4.50. The van der Waals surface area contributed by atoms with Crippen LogP contribution in [0, 0.1) is 0 Å². The molecule has 6 nitrogen and oxygen atoms in total. The molecule has 0 aliphatic heterocycles. The van der Waals surface area contributed by atoms with Crippen LogP contribution in [-0.2, 0) is 14.3 Å². The number of ether oxygens (including phenoxy) is 2. The molecule has 0 saturated heterocycles. The van der Waals surface area contributed by atoms with E-state index < -0.39 is 0 Å². The summed E-state index contributed by atoms with van der Waals surface area (Å²) in [7, 11) is 0. The number of nitrogens with zero attached hydrogens (tertiary/aromatic N) is 1. The molecule has 0 aromatic heterocycles. The van der Waals surface area contributed by atoms with Gasteiger partial charge in [0, 0.05) is 39.3 Å². The number of guanidine groups is 1. The fourth-order valence-corrected chi connectivity index (χ4v) is 1.67. The molecule has 6 heteroatoms. The molecule has 0 aromatic carbocycles. The van der Waals surface area contributed by atoms with Crippen LogP contribution in [0.15, 0.2) is 4.99 Å². The molecule has 21 heavy (non-hydrogen) atoms. The summed E-state index contributed by atoms with van der Waals surface area (Å²) in [4.78, 5) is 15.6. The second kappa shape index (κ2) is 15.1. The van der Waals surface area contributed by atoms with Crippen LogP contribution in [0.3, 0.4) is 0 Å². The number of aliphatic imine (C=N–C) groups is 1. The third-order valence-corrected chi connectivity index (χ3v) is 2.67. The van der Waals surface area contributed by atoms with Crippen molar-refractivity contribution in [3.05, 3.63) is 0 Å². The van der Waals surface area contributed by atoms with Crippen LogP contribution >= 0.6 is 0 Å². The van der Waals surface area contributed by atoms with Crippen LogP contribution in [-0.4, -0.2) is 51.4 Å². The monoisotopic (exact) mass is 301 g/mol. The number of unbranched alkanes of at least 4 members (excludes halogenated alkanes) is 1. The lowest BCUT2D eigenvalue weighted by atomic mass is 10.3. The fourth-order valence-electron chi connectivity index (χ4n) is 1.67. The summed E-state index contributed by atoms with van der Waals surface area (Å²) in [5, 5.41) is 6.47. The summed E-state index contributed by atoms with van der Waals surface area (Å²) >= 11 is 0. The van der Waals surface area contributed by atoms with Crippen molar-refractivity contribution in [2.45, 2.75) is 46.5 Å². The van der Waals surface area contributed by atoms with E-state index in [1.54, 1.807) is 0 Å². The van der Waals surface area contributed by atoms with Gasteiger partial charge in [-0.05, 0) is 40.0 Å². The minimum Gasteiger partial charge on any atom is -0.466 e. The van der Waals surface area contributed by atoms with Crippen molar-refractivity contribution in [3.63, 3.8) is 0 Å². The Morgan fingerprint density at radius 1 is 1.05 bits per heavy atom. The summed E-state index contributed by atoms with van der Waals surface area (Å²) < 4.78 is 10.2. The third-order valence-electron chi connectivity index (χ3n) is 2.67. The molecule has 124 valence electrons. The van der Waals surface area contributed by atoms with E-state index in [1.807, 2.05) is 20.8 Å². The molecule has 0 bridgehead atoms. The molecule has 0 fully saturated rings. The van der Waals surface area contributed by atoms with Gasteiger partial charge in [0.1, 0.15) is 0 Å². The van der Waals surface area contributed by atoms with Crippen LogP contribution in [0.5, 0.6) is 0 Å². The highest BCUT2D eigenvalue weighted by Gasteiger charge is 2.01. The first-order valence-electron chi connectivity index (χ1n) is 8.00. The Bertz CT molecular complexity index is 283. The fraction of sp³-hybridized carbons (Fsp3) is 0.867. The zero-order valence-electron chi connectivity index (χ0n) is 13.7. The molecule has 0 aliphatic carbocycles. The number of hydrogen-bond donors (Lipinski definition) is 2. The number of carbonyl (C=O) groups is 1. The Kier molecular flexibility index (Phi) is 14.2. The van der Waals surface area contributed by atoms with Gasteiger partial charge in [0.25, 0.3) is 0 Å². The van der Waals surface area contributed by atoms with E-state index in [1.165, 1.54) is 0 Å². The Hall–Kier alpha value is -1.30. The van der Waals surface area contributed by atoms with E-state index in [9.17, 15) is 4.79 Å². The number of hydrogen-bond acceptors (Lipinski definition) is 4. The number of nitrogens with one attached hydrogen (secondary N) is 2. The smallest absolute Gasteiger partial charge is 0.305 e. The highest BCUT2D eigenvalue weighted by Crippen LogP contribution is 1.94. The lowest BCUT2D eigenvalue weighted by Crippen LogP contribution is -2.38. The first kappa shape index (κ1) is 19.7. The molecule has 0 rings (SSSR count). The number of esters is 1. The van der Waals surface area contributed by atoms with Gasteiger partial charge in [-0.3, -0.25) is 9.79 Å². The maximum Gasteiger partial charge on any atom is 0.305 e. The molecule has 0 unspecified atom stereocenters. The van der Waals surface area contributed by atoms with E-state index in [2.05, 4.69) is 15.6 Å². The SMILES string of the molecule is CCNC(=NCCCC(=O)OCC)NCCCCOCC. The average Bonchev–Trinajstić information content (AvgIpc) is 2.47. The van der Waals surface area contributed by atoms with E-state index in [0.29, 0.717) is 26.0 Å². The Labute approximate surface area is 128 Å². The maximum atomic E-state index is 11.2. The van der Waals surface area contributed by atoms with Crippen molar-refractivity contribution in [1.82, 2.24) is 10.6 Å². The van der Waals surface area contributed by atoms with Crippen molar-refractivity contribution in [3.8, 4) is 0 Å². The van der Waals surface area contributed by atoms with Crippen molar-refractivity contribution in [2.75, 3.05) is 39.5 Å². The minimum atomic E-state index is -0.151. The molecule has 0 aliphatic rings. The van der Waals surface area contributed by atoms with Gasteiger partial charge in [-0.15, -0.1) is 0 Å². The molecule has 0 amide bonds. The molecule has 0 heterocycles. The number of rotatable bonds is 12. The van der Waals surface area contributed by atoms with Gasteiger partial charge in [0.15, 0.2) is 5.96 Å². The molecule has 0 radical (unpaired) electrons. The highest BCUT2D eigenvalue weighted by atomic mass is 16.5. The topological polar surface area (TPSA) is 72.0 Å². The molecule has 0 aromatic rings. The van der Waals surface area contributed by atoms with E-state index >= 15 is 0 Å². The maximum absolute atomic E-state index is 11.2. The zero-order valence-corrected chi connectivity index (χ0v) is 13.7. The Morgan fingerprint density at radius 3 is 2.52 bits per heavy atom. The van der Waals surface area contributed by atoms with Gasteiger partial charge in [-0.1, -0.05) is 0 Å². The van der Waals surface area contributed by atoms with Crippen LogP contribution in [0.4, 0.5) is 0 Å². The quantitative estimate of drug-likeness (QED) is 0.248. The summed E-state index contributed by atoms with van der Waals surface area (Å²) in [5.41, 5.74) is 0. The molecule has 0 spiro atoms. The van der Waals surface area contributed by atoms with E-state index in [-0.39, 0.29) is 5.97 Å². The highest BCUT2D eigenvalue weighted by molar-refractivity contribution is 5.79. The standard InChI is InChI=1S/C15H31N3O3/c1-4-16-15(17-11-7-8-13-20-5-2)18-12-9-10-14(19)21-6-3/h4-13H2,1-3H3,(H2,16,17,18). The zero-order chi connectivity index (χ0) is 15.8. The normalized spacial score (nSPS) is 11.3. The molecular formula is C15H31N3O3. The second-order valence-corrected chi connectivity index (χ2v) is 4.50. The first-order valence-corrected chi connectivity index (χ1v) is 8.00. The largest absolute Gasteiger partial charge is 0.466 e. The summed E-state index contributed by atoms with van der Waals surface area (Å²) in [6.45, 7) is 10.2. The van der Waals surface area contributed by atoms with Gasteiger partial charge in [-0.25, -0.2) is 0 Å². The van der Waals surface area contributed by atoms with Crippen molar-refractivity contribution in [1.29, 1.82) is 0 Å². The predicted molar refractivity (Wildman–Crippen MR) is 85.6 cm³/mol. The minimum absolute atomic E-state index is 0.151. The van der Waals surface area contributed by atoms with E-state index in [0.717, 1.165) is 45.1 Å². The van der Waals surface area contributed by atoms with Gasteiger partial charge < -0.3 is 20.1 Å². The summed E-state index contributed by atoms with van der Waals surface area (Å²) in [5.74, 6) is 0.652. The van der Waals surface area contributed by atoms with E-state index in [4.69, 9.17) is 9.47 Å². The Balaban J connectivity index is 3.77. The average molecular weight is 301 g/mol. The van der Waals surface area contributed by atoms with Crippen LogP contribution < -0.4 is 10.6 Å². The van der Waals surface area contributed by atoms with Gasteiger partial charge in [-0.2, -0.15) is 0 Å². The van der Waals surface area contributed by atoms with Crippen LogP contribution in [0.25, 0.3) is 0 Å². The predicted octanol–water partition coefficient (Wildman–Crippen LogP) is 1.70. The first-order chi connectivity index (χ1) is 10.2. The lowest BCUT2D eigenvalue weighted by molar-refractivity contribution is -0.143. The van der Waals surface area contributed by atoms with Gasteiger partial charge in [0.2, 0.25) is 0 Å². The third kappa shape index (κ3) is 13.4. The van der Waals surface area contributed by atoms with Crippen molar-refractivity contribution in [2.24, 2.45) is 4.99 Å². The van der Waals surface area contributed by atoms with Crippen molar-refractivity contribution >= 4 is 11.9 Å². The Morgan fingerprint density at radius 2 is 1.86 bits per heavy atom. The van der Waals surface area contributed by atoms with Crippen LogP contribution in [0.2, 0.25) is 0 Å². The van der Waals surface area contributed by atoms with Gasteiger partial charge in [0.05, 0.1) is 6.61 Å². The van der Waals surface area contributed by atoms with Crippen molar-refractivity contribution < 1.29 is 14.3 Å². The molecular weight excluding hydrogens is 270 g/mol. The summed E-state index contributed by atoms with van der Waals surface area (Å²) in [6, 6.07) is 0. The number of carbonyl (C=O) groups excluding carboxylic acids is 1. The van der Waals surface area contributed by atoms with Crippen LogP contribution in [0.1, 0.15) is 46.5 Å². The molecule has 2 N–H and O–H groups in total. The lowest BCUT2D eigenvalue weighted by Gasteiger charge is -2.11. The molecule has 0 saturated carbocycles.